The summed E-state index contributed by atoms with van der Waals surface area (Å²) in [6, 6.07) is 1.95. The Morgan fingerprint density at radius 3 is 2.60 bits per heavy atom. The van der Waals surface area contributed by atoms with E-state index in [9.17, 15) is 4.79 Å². The predicted octanol–water partition coefficient (Wildman–Crippen LogP) is 4.29. The molecule has 0 spiro atoms. The Morgan fingerprint density at radius 1 is 1.27 bits per heavy atom. The molecule has 0 unspecified atom stereocenters. The van der Waals surface area contributed by atoms with Crippen LogP contribution in [0.5, 0.6) is 0 Å². The Hall–Kier alpha value is -0.630. The minimum Gasteiger partial charge on any atom is -0.294 e. The number of hydrogen-bond acceptors (Lipinski definition) is 2. The van der Waals surface area contributed by atoms with Crippen LogP contribution in [0.15, 0.2) is 16.8 Å². The number of ketones is 1. The lowest BCUT2D eigenvalue weighted by Gasteiger charge is -2.11. The maximum absolute atomic E-state index is 11.9. The maximum atomic E-state index is 11.9. The molecule has 1 nitrogen and oxygen atoms in total. The number of rotatable bonds is 3. The fourth-order valence-corrected chi connectivity index (χ4v) is 3.03. The lowest BCUT2D eigenvalue weighted by atomic mass is 9.93. The van der Waals surface area contributed by atoms with Gasteiger partial charge in [-0.15, -0.1) is 0 Å². The maximum Gasteiger partial charge on any atom is 0.163 e. The van der Waals surface area contributed by atoms with Crippen molar-refractivity contribution >= 4 is 17.1 Å². The van der Waals surface area contributed by atoms with Gasteiger partial charge in [0.05, 0.1) is 0 Å². The van der Waals surface area contributed by atoms with E-state index in [4.69, 9.17) is 0 Å². The first-order valence-electron chi connectivity index (χ1n) is 5.91. The predicted molar refractivity (Wildman–Crippen MR) is 64.5 cm³/mol. The lowest BCUT2D eigenvalue weighted by Crippen LogP contribution is -2.07. The molecule has 0 saturated heterocycles. The summed E-state index contributed by atoms with van der Waals surface area (Å²) in [5, 5.41) is 3.96. The third-order valence-corrected chi connectivity index (χ3v) is 3.98. The first-order valence-corrected chi connectivity index (χ1v) is 6.86. The molecule has 2 heteroatoms. The van der Waals surface area contributed by atoms with Crippen molar-refractivity contribution in [2.45, 2.75) is 44.9 Å². The molecule has 1 aliphatic rings. The van der Waals surface area contributed by atoms with E-state index in [1.807, 2.05) is 16.8 Å². The first-order chi connectivity index (χ1) is 7.36. The van der Waals surface area contributed by atoms with Crippen LogP contribution in [0.4, 0.5) is 0 Å². The monoisotopic (exact) mass is 222 g/mol. The van der Waals surface area contributed by atoms with Crippen LogP contribution in [0, 0.1) is 5.92 Å². The Morgan fingerprint density at radius 2 is 2.00 bits per heavy atom. The van der Waals surface area contributed by atoms with E-state index in [2.05, 4.69) is 0 Å². The fraction of sp³-hybridized carbons (Fsp3) is 0.615. The highest BCUT2D eigenvalue weighted by molar-refractivity contribution is 7.08. The minimum absolute atomic E-state index is 0.350. The highest BCUT2D eigenvalue weighted by atomic mass is 32.1. The molecule has 1 fully saturated rings. The van der Waals surface area contributed by atoms with Gasteiger partial charge in [0.15, 0.2) is 5.78 Å². The average Bonchev–Trinajstić information content (AvgIpc) is 2.65. The van der Waals surface area contributed by atoms with Crippen molar-refractivity contribution in [2.24, 2.45) is 5.92 Å². The van der Waals surface area contributed by atoms with Gasteiger partial charge in [-0.2, -0.15) is 11.3 Å². The van der Waals surface area contributed by atoms with Crippen LogP contribution < -0.4 is 0 Å². The number of carbonyl (C=O) groups excluding carboxylic acids is 1. The van der Waals surface area contributed by atoms with E-state index in [0.717, 1.165) is 12.0 Å². The van der Waals surface area contributed by atoms with Crippen LogP contribution in [-0.4, -0.2) is 5.78 Å². The van der Waals surface area contributed by atoms with Gasteiger partial charge in [0.1, 0.15) is 0 Å². The van der Waals surface area contributed by atoms with E-state index < -0.39 is 0 Å². The van der Waals surface area contributed by atoms with Gasteiger partial charge in [0.2, 0.25) is 0 Å². The van der Waals surface area contributed by atoms with E-state index in [0.29, 0.717) is 11.7 Å². The van der Waals surface area contributed by atoms with Gasteiger partial charge >= 0.3 is 0 Å². The summed E-state index contributed by atoms with van der Waals surface area (Å²) in [4.78, 5) is 11.9. The third-order valence-electron chi connectivity index (χ3n) is 3.29. The van der Waals surface area contributed by atoms with Gasteiger partial charge in [0.25, 0.3) is 0 Å². The smallest absolute Gasteiger partial charge is 0.163 e. The molecule has 15 heavy (non-hydrogen) atoms. The van der Waals surface area contributed by atoms with Crippen molar-refractivity contribution in [1.29, 1.82) is 0 Å². The molecule has 1 heterocycles. The summed E-state index contributed by atoms with van der Waals surface area (Å²) < 4.78 is 0. The van der Waals surface area contributed by atoms with Crippen LogP contribution in [0.25, 0.3) is 0 Å². The Bertz CT molecular complexity index is 294. The topological polar surface area (TPSA) is 17.1 Å². The Balaban J connectivity index is 1.87. The zero-order valence-electron chi connectivity index (χ0n) is 9.08. The number of carbonyl (C=O) groups is 1. The van der Waals surface area contributed by atoms with Gasteiger partial charge < -0.3 is 0 Å². The zero-order chi connectivity index (χ0) is 10.5. The minimum atomic E-state index is 0.350. The molecule has 1 aliphatic carbocycles. The molecule has 1 aromatic heterocycles. The first kappa shape index (κ1) is 10.9. The molecule has 0 aliphatic heterocycles. The summed E-state index contributed by atoms with van der Waals surface area (Å²) in [6.07, 6.45) is 8.66. The molecule has 82 valence electrons. The second kappa shape index (κ2) is 5.45. The molecule has 0 atom stereocenters. The normalized spacial score (nSPS) is 18.7. The van der Waals surface area contributed by atoms with Crippen LogP contribution in [0.2, 0.25) is 0 Å². The molecule has 0 radical (unpaired) electrons. The van der Waals surface area contributed by atoms with Crippen molar-refractivity contribution in [1.82, 2.24) is 0 Å². The fourth-order valence-electron chi connectivity index (χ4n) is 2.37. The second-order valence-electron chi connectivity index (χ2n) is 4.50. The number of hydrogen-bond donors (Lipinski definition) is 0. The molecule has 1 saturated carbocycles. The average molecular weight is 222 g/mol. The standard InChI is InChI=1S/C13H18OS/c14-13(12-7-8-15-10-12)9-11-5-3-1-2-4-6-11/h7-8,10-11H,1-6,9H2. The van der Waals surface area contributed by atoms with Crippen molar-refractivity contribution in [3.8, 4) is 0 Å². The van der Waals surface area contributed by atoms with E-state index in [1.165, 1.54) is 38.5 Å². The molecule has 1 aromatic rings. The molecule has 0 amide bonds. The SMILES string of the molecule is O=C(CC1CCCCCC1)c1ccsc1. The molecule has 0 aromatic carbocycles. The molecule has 0 bridgehead atoms. The van der Waals surface area contributed by atoms with Gasteiger partial charge in [-0.25, -0.2) is 0 Å². The van der Waals surface area contributed by atoms with E-state index >= 15 is 0 Å². The van der Waals surface area contributed by atoms with E-state index in [-0.39, 0.29) is 0 Å². The van der Waals surface area contributed by atoms with Crippen molar-refractivity contribution < 1.29 is 4.79 Å². The lowest BCUT2D eigenvalue weighted by molar-refractivity contribution is 0.0957. The van der Waals surface area contributed by atoms with Gasteiger partial charge in [-0.1, -0.05) is 38.5 Å². The summed E-state index contributed by atoms with van der Waals surface area (Å²) in [5.41, 5.74) is 0.921. The highest BCUT2D eigenvalue weighted by Gasteiger charge is 2.17. The summed E-state index contributed by atoms with van der Waals surface area (Å²) >= 11 is 1.61. The summed E-state index contributed by atoms with van der Waals surface area (Å²) in [7, 11) is 0. The molecular formula is C13H18OS. The zero-order valence-corrected chi connectivity index (χ0v) is 9.89. The molecular weight excluding hydrogens is 204 g/mol. The van der Waals surface area contributed by atoms with Gasteiger partial charge in [0, 0.05) is 17.4 Å². The van der Waals surface area contributed by atoms with Crippen LogP contribution >= 0.6 is 11.3 Å². The Labute approximate surface area is 95.5 Å². The van der Waals surface area contributed by atoms with Crippen molar-refractivity contribution in [3.63, 3.8) is 0 Å². The molecule has 0 N–H and O–H groups in total. The quantitative estimate of drug-likeness (QED) is 0.550. The number of thiophene rings is 1. The molecule has 2 rings (SSSR count). The van der Waals surface area contributed by atoms with E-state index in [1.54, 1.807) is 11.3 Å². The third kappa shape index (κ3) is 3.16. The summed E-state index contributed by atoms with van der Waals surface area (Å²) in [5.74, 6) is 1.00. The van der Waals surface area contributed by atoms with Crippen molar-refractivity contribution in [3.05, 3.63) is 22.4 Å². The van der Waals surface area contributed by atoms with Crippen LogP contribution in [0.3, 0.4) is 0 Å². The number of Topliss-reactive ketones (excluding diaryl/α,β-unsaturated/α-hetero) is 1. The largest absolute Gasteiger partial charge is 0.294 e. The summed E-state index contributed by atoms with van der Waals surface area (Å²) in [6.45, 7) is 0. The second-order valence-corrected chi connectivity index (χ2v) is 5.28. The van der Waals surface area contributed by atoms with Gasteiger partial charge in [-0.05, 0) is 17.4 Å². The van der Waals surface area contributed by atoms with Crippen LogP contribution in [-0.2, 0) is 0 Å². The van der Waals surface area contributed by atoms with Crippen LogP contribution in [0.1, 0.15) is 55.3 Å². The van der Waals surface area contributed by atoms with Crippen molar-refractivity contribution in [2.75, 3.05) is 0 Å². The highest BCUT2D eigenvalue weighted by Crippen LogP contribution is 2.26. The van der Waals surface area contributed by atoms with Gasteiger partial charge in [-0.3, -0.25) is 4.79 Å². The Kier molecular flexibility index (Phi) is 3.95.